The molecule has 0 aliphatic carbocycles. The van der Waals surface area contributed by atoms with E-state index in [0.717, 1.165) is 12.2 Å². The van der Waals surface area contributed by atoms with Crippen molar-refractivity contribution in [1.82, 2.24) is 20.1 Å². The van der Waals surface area contributed by atoms with Crippen molar-refractivity contribution < 1.29 is 0 Å². The lowest BCUT2D eigenvalue weighted by atomic mass is 10.2. The smallest absolute Gasteiger partial charge is 0.0570 e. The second-order valence-corrected chi connectivity index (χ2v) is 4.24. The molecule has 0 spiro atoms. The van der Waals surface area contributed by atoms with Crippen LogP contribution in [0.4, 0.5) is 0 Å². The molecule has 2 aromatic rings. The Morgan fingerprint density at radius 2 is 2.24 bits per heavy atom. The van der Waals surface area contributed by atoms with E-state index in [9.17, 15) is 0 Å². The van der Waals surface area contributed by atoms with Crippen LogP contribution in [0.25, 0.3) is 0 Å². The Kier molecular flexibility index (Phi) is 3.54. The zero-order chi connectivity index (χ0) is 12.3. The number of aromatic nitrogens is 3. The number of hydrogen-bond acceptors (Lipinski definition) is 3. The summed E-state index contributed by atoms with van der Waals surface area (Å²) in [5.74, 6) is 0. The van der Waals surface area contributed by atoms with Crippen LogP contribution in [0.2, 0.25) is 0 Å². The molecule has 0 bridgehead atoms. The fourth-order valence-corrected chi connectivity index (χ4v) is 1.72. The quantitative estimate of drug-likeness (QED) is 0.873. The van der Waals surface area contributed by atoms with E-state index in [2.05, 4.69) is 29.2 Å². The molecule has 4 heteroatoms. The molecule has 0 aromatic carbocycles. The summed E-state index contributed by atoms with van der Waals surface area (Å²) in [5, 5.41) is 7.68. The third kappa shape index (κ3) is 2.71. The van der Waals surface area contributed by atoms with Gasteiger partial charge in [0, 0.05) is 37.1 Å². The lowest BCUT2D eigenvalue weighted by Gasteiger charge is -2.12. The average molecular weight is 230 g/mol. The average Bonchev–Trinajstić information content (AvgIpc) is 2.68. The molecule has 0 aliphatic heterocycles. The largest absolute Gasteiger partial charge is 0.305 e. The van der Waals surface area contributed by atoms with E-state index in [-0.39, 0.29) is 6.04 Å². The van der Waals surface area contributed by atoms with Crippen LogP contribution in [-0.2, 0) is 13.6 Å². The summed E-state index contributed by atoms with van der Waals surface area (Å²) >= 11 is 0. The molecule has 0 aliphatic rings. The lowest BCUT2D eigenvalue weighted by molar-refractivity contribution is 0.559. The molecule has 2 rings (SSSR count). The monoisotopic (exact) mass is 230 g/mol. The summed E-state index contributed by atoms with van der Waals surface area (Å²) in [6.45, 7) is 5.01. The highest BCUT2D eigenvalue weighted by Crippen LogP contribution is 2.11. The van der Waals surface area contributed by atoms with Crippen LogP contribution < -0.4 is 5.32 Å². The fraction of sp³-hybridized carbons (Fsp3) is 0.385. The normalized spacial score (nSPS) is 12.6. The maximum atomic E-state index is 4.34. The predicted octanol–water partition coefficient (Wildman–Crippen LogP) is 1.97. The second kappa shape index (κ2) is 5.10. The first-order valence-corrected chi connectivity index (χ1v) is 5.80. The molecule has 4 nitrogen and oxygen atoms in total. The van der Waals surface area contributed by atoms with Crippen molar-refractivity contribution in [2.24, 2.45) is 7.05 Å². The molecule has 0 amide bonds. The molecule has 0 saturated carbocycles. The van der Waals surface area contributed by atoms with Crippen LogP contribution in [0.3, 0.4) is 0 Å². The van der Waals surface area contributed by atoms with Crippen LogP contribution >= 0.6 is 0 Å². The minimum Gasteiger partial charge on any atom is -0.305 e. The minimum atomic E-state index is 0.246. The molecule has 90 valence electrons. The minimum absolute atomic E-state index is 0.246. The number of nitrogens with one attached hydrogen (secondary N) is 1. The Morgan fingerprint density at radius 1 is 1.41 bits per heavy atom. The molecule has 0 fully saturated rings. The number of aryl methyl sites for hydroxylation is 1. The van der Waals surface area contributed by atoms with Crippen molar-refractivity contribution in [1.29, 1.82) is 0 Å². The molecule has 2 aromatic heterocycles. The Balaban J connectivity index is 1.97. The summed E-state index contributed by atoms with van der Waals surface area (Å²) in [6, 6.07) is 6.22. The van der Waals surface area contributed by atoms with Gasteiger partial charge in [-0.3, -0.25) is 9.67 Å². The van der Waals surface area contributed by atoms with Gasteiger partial charge < -0.3 is 5.32 Å². The van der Waals surface area contributed by atoms with Gasteiger partial charge >= 0.3 is 0 Å². The van der Waals surface area contributed by atoms with E-state index in [1.165, 1.54) is 11.3 Å². The van der Waals surface area contributed by atoms with Gasteiger partial charge in [0.05, 0.1) is 11.9 Å². The second-order valence-electron chi connectivity index (χ2n) is 4.24. The molecule has 0 saturated heterocycles. The third-order valence-electron chi connectivity index (χ3n) is 3.07. The summed E-state index contributed by atoms with van der Waals surface area (Å²) in [4.78, 5) is 4.34. The van der Waals surface area contributed by atoms with Gasteiger partial charge in [0.25, 0.3) is 0 Å². The van der Waals surface area contributed by atoms with Crippen LogP contribution in [0.1, 0.15) is 29.9 Å². The number of pyridine rings is 1. The van der Waals surface area contributed by atoms with E-state index < -0.39 is 0 Å². The molecule has 17 heavy (non-hydrogen) atoms. The van der Waals surface area contributed by atoms with Gasteiger partial charge in [-0.05, 0) is 26.0 Å². The molecule has 1 atom stereocenters. The van der Waals surface area contributed by atoms with Gasteiger partial charge in [-0.1, -0.05) is 6.07 Å². The van der Waals surface area contributed by atoms with Crippen LogP contribution in [-0.4, -0.2) is 14.8 Å². The van der Waals surface area contributed by atoms with Crippen molar-refractivity contribution in [3.05, 3.63) is 47.5 Å². The van der Waals surface area contributed by atoms with E-state index in [1.807, 2.05) is 42.3 Å². The first-order valence-electron chi connectivity index (χ1n) is 5.80. The summed E-state index contributed by atoms with van der Waals surface area (Å²) in [5.41, 5.74) is 3.50. The standard InChI is InChI=1S/C13H18N4/c1-10(13-6-4-5-7-14-13)15-8-12-9-16-17(3)11(12)2/h4-7,9-10,15H,8H2,1-3H3/t10-/m1/s1. The van der Waals surface area contributed by atoms with Crippen molar-refractivity contribution in [2.45, 2.75) is 26.4 Å². The number of nitrogens with zero attached hydrogens (tertiary/aromatic N) is 3. The van der Waals surface area contributed by atoms with Crippen LogP contribution in [0.5, 0.6) is 0 Å². The first-order chi connectivity index (χ1) is 8.18. The van der Waals surface area contributed by atoms with E-state index in [0.29, 0.717) is 0 Å². The molecule has 1 N–H and O–H groups in total. The summed E-state index contributed by atoms with van der Waals surface area (Å²) in [7, 11) is 1.96. The maximum absolute atomic E-state index is 4.34. The molecule has 2 heterocycles. The highest BCUT2D eigenvalue weighted by Gasteiger charge is 2.08. The highest BCUT2D eigenvalue weighted by atomic mass is 15.3. The fourth-order valence-electron chi connectivity index (χ4n) is 1.72. The topological polar surface area (TPSA) is 42.7 Å². The number of hydrogen-bond donors (Lipinski definition) is 1. The predicted molar refractivity (Wildman–Crippen MR) is 67.4 cm³/mol. The van der Waals surface area contributed by atoms with E-state index in [1.54, 1.807) is 0 Å². The Morgan fingerprint density at radius 3 is 2.82 bits per heavy atom. The lowest BCUT2D eigenvalue weighted by Crippen LogP contribution is -2.19. The van der Waals surface area contributed by atoms with Crippen LogP contribution in [0.15, 0.2) is 30.6 Å². The van der Waals surface area contributed by atoms with E-state index >= 15 is 0 Å². The van der Waals surface area contributed by atoms with E-state index in [4.69, 9.17) is 0 Å². The third-order valence-corrected chi connectivity index (χ3v) is 3.07. The number of rotatable bonds is 4. The van der Waals surface area contributed by atoms with Gasteiger partial charge in [-0.25, -0.2) is 0 Å². The van der Waals surface area contributed by atoms with Gasteiger partial charge in [0.15, 0.2) is 0 Å². The van der Waals surface area contributed by atoms with Gasteiger partial charge in [0.1, 0.15) is 0 Å². The molecular formula is C13H18N4. The Labute approximate surface area is 102 Å². The first kappa shape index (κ1) is 11.8. The zero-order valence-electron chi connectivity index (χ0n) is 10.5. The molecule has 0 radical (unpaired) electrons. The molecular weight excluding hydrogens is 212 g/mol. The summed E-state index contributed by atoms with van der Waals surface area (Å²) in [6.07, 6.45) is 3.73. The maximum Gasteiger partial charge on any atom is 0.0570 e. The SMILES string of the molecule is Cc1c(CN[C@H](C)c2ccccn2)cnn1C. The van der Waals surface area contributed by atoms with Gasteiger partial charge in [0.2, 0.25) is 0 Å². The molecule has 0 unspecified atom stereocenters. The van der Waals surface area contributed by atoms with Crippen molar-refractivity contribution >= 4 is 0 Å². The Bertz CT molecular complexity index is 475. The van der Waals surface area contributed by atoms with Crippen molar-refractivity contribution in [3.8, 4) is 0 Å². The van der Waals surface area contributed by atoms with Crippen molar-refractivity contribution in [2.75, 3.05) is 0 Å². The van der Waals surface area contributed by atoms with Gasteiger partial charge in [-0.15, -0.1) is 0 Å². The highest BCUT2D eigenvalue weighted by molar-refractivity contribution is 5.16. The zero-order valence-corrected chi connectivity index (χ0v) is 10.5. The van der Waals surface area contributed by atoms with Crippen molar-refractivity contribution in [3.63, 3.8) is 0 Å². The summed E-state index contributed by atoms with van der Waals surface area (Å²) < 4.78 is 1.89. The van der Waals surface area contributed by atoms with Gasteiger partial charge in [-0.2, -0.15) is 5.10 Å². The Hall–Kier alpha value is -1.68. The van der Waals surface area contributed by atoms with Crippen LogP contribution in [0, 0.1) is 6.92 Å².